The molecular formula is C27H23N3O3S. The van der Waals surface area contributed by atoms with E-state index in [9.17, 15) is 9.90 Å². The van der Waals surface area contributed by atoms with Gasteiger partial charge in [-0.25, -0.2) is 4.79 Å². The van der Waals surface area contributed by atoms with E-state index in [1.165, 1.54) is 0 Å². The fourth-order valence-electron chi connectivity index (χ4n) is 4.55. The van der Waals surface area contributed by atoms with Gasteiger partial charge in [0.1, 0.15) is 17.6 Å². The molecule has 0 saturated carbocycles. The molecule has 1 saturated heterocycles. The van der Waals surface area contributed by atoms with Crippen molar-refractivity contribution in [2.75, 3.05) is 4.90 Å². The molecule has 5 rings (SSSR count). The molecule has 2 N–H and O–H groups in total. The highest BCUT2D eigenvalue weighted by Gasteiger charge is 2.42. The van der Waals surface area contributed by atoms with Gasteiger partial charge in [0.15, 0.2) is 5.11 Å². The van der Waals surface area contributed by atoms with Crippen molar-refractivity contribution in [3.05, 3.63) is 107 Å². The largest absolute Gasteiger partial charge is 0.478 e. The number of hydrogen-bond acceptors (Lipinski definition) is 4. The number of hydrogen-bond donors (Lipinski definition) is 2. The number of carboxylic acid groups (broad SMARTS) is 1. The minimum atomic E-state index is -1.000. The van der Waals surface area contributed by atoms with E-state index in [0.29, 0.717) is 22.2 Å². The molecule has 0 radical (unpaired) electrons. The monoisotopic (exact) mass is 469 g/mol. The van der Waals surface area contributed by atoms with Crippen LogP contribution in [0.4, 0.5) is 5.69 Å². The minimum absolute atomic E-state index is 0.191. The quantitative estimate of drug-likeness (QED) is 0.356. The number of benzene rings is 2. The Morgan fingerprint density at radius 3 is 2.47 bits per heavy atom. The summed E-state index contributed by atoms with van der Waals surface area (Å²) < 4.78 is 6.32. The number of aromatic carboxylic acids is 1. The van der Waals surface area contributed by atoms with E-state index >= 15 is 0 Å². The van der Waals surface area contributed by atoms with Crippen LogP contribution in [0.25, 0.3) is 11.3 Å². The molecular weight excluding hydrogens is 446 g/mol. The van der Waals surface area contributed by atoms with Crippen LogP contribution in [0.2, 0.25) is 0 Å². The Morgan fingerprint density at radius 2 is 1.76 bits per heavy atom. The van der Waals surface area contributed by atoms with Crippen LogP contribution >= 0.6 is 12.2 Å². The molecule has 7 heteroatoms. The van der Waals surface area contributed by atoms with Crippen LogP contribution in [-0.2, 0) is 0 Å². The van der Waals surface area contributed by atoms with Gasteiger partial charge >= 0.3 is 5.97 Å². The number of aryl methyl sites for hydroxylation is 2. The third-order valence-corrected chi connectivity index (χ3v) is 6.24. The number of aromatic nitrogens is 1. The van der Waals surface area contributed by atoms with Crippen LogP contribution in [0.3, 0.4) is 0 Å². The highest BCUT2D eigenvalue weighted by Crippen LogP contribution is 2.43. The molecule has 0 bridgehead atoms. The zero-order valence-corrected chi connectivity index (χ0v) is 19.5. The maximum Gasteiger partial charge on any atom is 0.336 e. The summed E-state index contributed by atoms with van der Waals surface area (Å²) in [6, 6.07) is 22.1. The van der Waals surface area contributed by atoms with E-state index < -0.39 is 5.97 Å². The van der Waals surface area contributed by atoms with Crippen molar-refractivity contribution in [1.29, 1.82) is 0 Å². The lowest BCUT2D eigenvalue weighted by atomic mass is 10.0. The highest BCUT2D eigenvalue weighted by atomic mass is 32.1. The topological polar surface area (TPSA) is 78.6 Å². The van der Waals surface area contributed by atoms with Crippen LogP contribution in [0.5, 0.6) is 0 Å². The van der Waals surface area contributed by atoms with Crippen molar-refractivity contribution in [3.8, 4) is 11.3 Å². The van der Waals surface area contributed by atoms with Crippen LogP contribution < -0.4 is 10.2 Å². The molecule has 2 unspecified atom stereocenters. The molecule has 0 aliphatic carbocycles. The number of nitrogens with one attached hydrogen (secondary N) is 1. The number of thiocarbonyl (C=S) groups is 1. The van der Waals surface area contributed by atoms with Crippen LogP contribution in [-0.4, -0.2) is 21.2 Å². The summed E-state index contributed by atoms with van der Waals surface area (Å²) in [5.41, 5.74) is 4.78. The summed E-state index contributed by atoms with van der Waals surface area (Å²) in [6.07, 6.45) is 1.76. The standard InChI is InChI=1S/C27H23N3O3S/c1-16-13-17(2)15-18(14-16)30-25(24(29-27(30)34)21-9-5-6-12-28-21)23-11-10-22(33-23)19-7-3-4-8-20(19)26(31)32/h3-15,24-25H,1-2H3,(H,29,34)(H,31,32). The van der Waals surface area contributed by atoms with Gasteiger partial charge in [0.25, 0.3) is 0 Å². The summed E-state index contributed by atoms with van der Waals surface area (Å²) in [7, 11) is 0. The predicted octanol–water partition coefficient (Wildman–Crippen LogP) is 5.83. The van der Waals surface area contributed by atoms with E-state index in [4.69, 9.17) is 16.6 Å². The van der Waals surface area contributed by atoms with E-state index in [1.54, 1.807) is 30.5 Å². The Balaban J connectivity index is 1.64. The number of nitrogens with zero attached hydrogens (tertiary/aromatic N) is 2. The summed E-state index contributed by atoms with van der Waals surface area (Å²) in [4.78, 5) is 18.4. The van der Waals surface area contributed by atoms with Gasteiger partial charge in [-0.1, -0.05) is 30.3 Å². The normalized spacial score (nSPS) is 17.6. The van der Waals surface area contributed by atoms with Gasteiger partial charge in [-0.3, -0.25) is 4.98 Å². The van der Waals surface area contributed by atoms with Gasteiger partial charge < -0.3 is 19.7 Å². The smallest absolute Gasteiger partial charge is 0.336 e. The lowest BCUT2D eigenvalue weighted by Gasteiger charge is -2.26. The maximum atomic E-state index is 11.8. The number of furan rings is 1. The number of pyridine rings is 1. The second-order valence-corrected chi connectivity index (χ2v) is 8.78. The molecule has 0 spiro atoms. The van der Waals surface area contributed by atoms with Crippen molar-refractivity contribution in [1.82, 2.24) is 10.3 Å². The minimum Gasteiger partial charge on any atom is -0.478 e. The van der Waals surface area contributed by atoms with Crippen molar-refractivity contribution in [3.63, 3.8) is 0 Å². The van der Waals surface area contributed by atoms with Crippen molar-refractivity contribution in [2.24, 2.45) is 0 Å². The summed E-state index contributed by atoms with van der Waals surface area (Å²) in [6.45, 7) is 4.12. The molecule has 1 aliphatic heterocycles. The molecule has 1 aliphatic rings. The van der Waals surface area contributed by atoms with Gasteiger partial charge in [-0.2, -0.15) is 0 Å². The van der Waals surface area contributed by atoms with E-state index in [2.05, 4.69) is 47.2 Å². The van der Waals surface area contributed by atoms with E-state index in [0.717, 1.165) is 22.5 Å². The second-order valence-electron chi connectivity index (χ2n) is 8.40. The lowest BCUT2D eigenvalue weighted by molar-refractivity contribution is 0.0697. The van der Waals surface area contributed by atoms with E-state index in [1.807, 2.05) is 30.3 Å². The second kappa shape index (κ2) is 8.76. The Bertz CT molecular complexity index is 1360. The third-order valence-electron chi connectivity index (χ3n) is 5.92. The lowest BCUT2D eigenvalue weighted by Crippen LogP contribution is -2.29. The number of carboxylic acids is 1. The SMILES string of the molecule is Cc1cc(C)cc(N2C(=S)NC(c3ccccn3)C2c2ccc(-c3ccccc3C(=O)O)o2)c1. The zero-order chi connectivity index (χ0) is 23.8. The number of carbonyl (C=O) groups is 1. The van der Waals surface area contributed by atoms with Crippen LogP contribution in [0.15, 0.2) is 83.4 Å². The first-order valence-electron chi connectivity index (χ1n) is 10.9. The van der Waals surface area contributed by atoms with Gasteiger partial charge in [0.05, 0.1) is 17.3 Å². The fourth-order valence-corrected chi connectivity index (χ4v) is 4.90. The van der Waals surface area contributed by atoms with E-state index in [-0.39, 0.29) is 17.6 Å². The third kappa shape index (κ3) is 3.95. The Morgan fingerprint density at radius 1 is 1.03 bits per heavy atom. The molecule has 1 fully saturated rings. The average molecular weight is 470 g/mol. The molecule has 34 heavy (non-hydrogen) atoms. The molecule has 0 amide bonds. The summed E-state index contributed by atoms with van der Waals surface area (Å²) >= 11 is 5.79. The Labute approximate surface area is 202 Å². The summed E-state index contributed by atoms with van der Waals surface area (Å²) in [5.74, 6) is 0.156. The molecule has 3 heterocycles. The Kier molecular flexibility index (Phi) is 5.63. The predicted molar refractivity (Wildman–Crippen MR) is 135 cm³/mol. The molecule has 4 aromatic rings. The van der Waals surface area contributed by atoms with Gasteiger partial charge in [0, 0.05) is 17.4 Å². The van der Waals surface area contributed by atoms with Crippen molar-refractivity contribution < 1.29 is 14.3 Å². The molecule has 170 valence electrons. The van der Waals surface area contributed by atoms with Gasteiger partial charge in [-0.15, -0.1) is 0 Å². The molecule has 2 aromatic heterocycles. The van der Waals surface area contributed by atoms with Gasteiger partial charge in [0.2, 0.25) is 0 Å². The maximum absolute atomic E-state index is 11.8. The number of anilines is 1. The highest BCUT2D eigenvalue weighted by molar-refractivity contribution is 7.80. The first-order chi connectivity index (χ1) is 16.4. The summed E-state index contributed by atoms with van der Waals surface area (Å²) in [5, 5.41) is 13.6. The first-order valence-corrected chi connectivity index (χ1v) is 11.3. The Hall–Kier alpha value is -3.97. The molecule has 2 aromatic carbocycles. The van der Waals surface area contributed by atoms with Gasteiger partial charge in [-0.05, 0) is 79.7 Å². The number of rotatable bonds is 5. The fraction of sp³-hybridized carbons (Fsp3) is 0.148. The zero-order valence-electron chi connectivity index (χ0n) is 18.7. The first kappa shape index (κ1) is 21.9. The molecule has 2 atom stereocenters. The van der Waals surface area contributed by atoms with Crippen molar-refractivity contribution in [2.45, 2.75) is 25.9 Å². The van der Waals surface area contributed by atoms with Crippen LogP contribution in [0.1, 0.15) is 45.0 Å². The van der Waals surface area contributed by atoms with Crippen molar-refractivity contribution >= 4 is 29.0 Å². The molecule has 6 nitrogen and oxygen atoms in total. The average Bonchev–Trinajstić information content (AvgIpc) is 3.43. The van der Waals surface area contributed by atoms with Crippen LogP contribution in [0, 0.1) is 13.8 Å².